The van der Waals surface area contributed by atoms with Crippen molar-refractivity contribution in [2.75, 3.05) is 80.4 Å². The minimum absolute atomic E-state index is 0.0719. The molecule has 1 unspecified atom stereocenters. The summed E-state index contributed by atoms with van der Waals surface area (Å²) in [5.74, 6) is -0.660. The van der Waals surface area contributed by atoms with E-state index in [1.54, 1.807) is 35.4 Å². The number of nitrogens with one attached hydrogen (secondary N) is 5. The lowest BCUT2D eigenvalue weighted by Gasteiger charge is -2.37. The predicted octanol–water partition coefficient (Wildman–Crippen LogP) is 1.06. The molecule has 5 heterocycles. The Morgan fingerprint density at radius 1 is 0.931 bits per heavy atom. The van der Waals surface area contributed by atoms with Gasteiger partial charge < -0.3 is 60.1 Å². The molecule has 22 heteroatoms. The van der Waals surface area contributed by atoms with Crippen LogP contribution in [0.1, 0.15) is 71.6 Å². The van der Waals surface area contributed by atoms with E-state index in [-0.39, 0.29) is 55.9 Å². The van der Waals surface area contributed by atoms with Crippen LogP contribution in [-0.2, 0) is 41.6 Å². The highest BCUT2D eigenvalue weighted by Gasteiger charge is 2.38. The molecule has 0 saturated carbocycles. The van der Waals surface area contributed by atoms with Crippen molar-refractivity contribution >= 4 is 17.7 Å². The molecule has 1 aromatic carbocycles. The van der Waals surface area contributed by atoms with Gasteiger partial charge in [0.2, 0.25) is 5.91 Å². The highest BCUT2D eigenvalue weighted by Crippen LogP contribution is 2.24. The number of nitrogens with zero attached hydrogens (tertiary/aromatic N) is 7. The van der Waals surface area contributed by atoms with E-state index in [2.05, 4.69) is 47.2 Å². The first-order chi connectivity index (χ1) is 34.7. The number of benzene rings is 1. The highest BCUT2D eigenvalue weighted by atomic mass is 16.7. The number of carbonyl (C=O) groups excluding carboxylic acids is 3. The van der Waals surface area contributed by atoms with E-state index >= 15 is 0 Å². The number of likely N-dealkylation sites (N-methyl/N-ethyl adjacent to an activating group) is 1. The fourth-order valence-corrected chi connectivity index (χ4v) is 8.12. The van der Waals surface area contributed by atoms with E-state index in [1.807, 2.05) is 81.7 Å². The van der Waals surface area contributed by atoms with Gasteiger partial charge in [-0.15, -0.1) is 10.6 Å². The van der Waals surface area contributed by atoms with Crippen molar-refractivity contribution in [2.24, 2.45) is 0 Å². The summed E-state index contributed by atoms with van der Waals surface area (Å²) in [6.07, 6.45) is 6.20. The second-order valence-electron chi connectivity index (χ2n) is 18.9. The van der Waals surface area contributed by atoms with Gasteiger partial charge in [-0.2, -0.15) is 0 Å². The largest absolute Gasteiger partial charge is 0.394 e. The van der Waals surface area contributed by atoms with Crippen molar-refractivity contribution < 1.29 is 53.1 Å². The molecule has 2 aliphatic rings. The molecule has 2 aliphatic heterocycles. The highest BCUT2D eigenvalue weighted by molar-refractivity contribution is 5.94. The number of pyridine rings is 2. The molecule has 0 spiro atoms. The van der Waals surface area contributed by atoms with Crippen LogP contribution in [0, 0.1) is 6.92 Å². The average Bonchev–Trinajstić information content (AvgIpc) is 4.04. The van der Waals surface area contributed by atoms with Crippen LogP contribution in [0.15, 0.2) is 85.1 Å². The van der Waals surface area contributed by atoms with Gasteiger partial charge in [0, 0.05) is 74.7 Å². The van der Waals surface area contributed by atoms with Crippen LogP contribution in [0.3, 0.4) is 0 Å². The SMILES string of the molecule is Cc1ccnc(-c2cc(C(=O)NCc3cn(CCOCCOCCNC(=O)CCC4=CN(CCCC[C@@H](C(=O)NCC(CO[C@@H]5O[C@H](CO)C[C@H](O)[C@H]5O)c5ccccc5)[N+](C)(C)C)NN4)nn3)ccn2)c1. The van der Waals surface area contributed by atoms with Crippen LogP contribution in [0.4, 0.5) is 0 Å². The molecule has 1 saturated heterocycles. The lowest BCUT2D eigenvalue weighted by molar-refractivity contribution is -0.886. The van der Waals surface area contributed by atoms with Crippen molar-refractivity contribution in [1.82, 2.24) is 56.9 Å². The Bertz CT molecular complexity index is 2330. The number of aliphatic hydroxyl groups is 3. The number of hydrazine groups is 2. The molecule has 4 aromatic rings. The topological polar surface area (TPSA) is 269 Å². The van der Waals surface area contributed by atoms with E-state index in [0.717, 1.165) is 29.7 Å². The Morgan fingerprint density at radius 3 is 2.46 bits per heavy atom. The molecule has 0 radical (unpaired) electrons. The lowest BCUT2D eigenvalue weighted by Crippen LogP contribution is -2.54. The monoisotopic (exact) mass is 1000 g/mol. The van der Waals surface area contributed by atoms with Crippen LogP contribution in [-0.4, -0.2) is 179 Å². The summed E-state index contributed by atoms with van der Waals surface area (Å²) >= 11 is 0. The zero-order chi connectivity index (χ0) is 51.3. The smallest absolute Gasteiger partial charge is 0.278 e. The fourth-order valence-electron chi connectivity index (χ4n) is 8.12. The molecule has 0 aliphatic carbocycles. The van der Waals surface area contributed by atoms with Gasteiger partial charge in [-0.25, -0.2) is 4.68 Å². The van der Waals surface area contributed by atoms with Crippen LogP contribution in [0.25, 0.3) is 11.4 Å². The van der Waals surface area contributed by atoms with E-state index in [9.17, 15) is 29.7 Å². The third kappa shape index (κ3) is 18.0. The van der Waals surface area contributed by atoms with Gasteiger partial charge in [0.15, 0.2) is 12.3 Å². The standard InChI is InChI=1S/C50H72N12O10/c1-35-15-17-51-42(26-35)43-27-37(16-18-52-43)48(67)55-30-40-32-61(59-57-40)21-23-70-25-24-69-22-19-53-46(65)14-13-39-31-60(58-56-39)20-9-8-12-44(62(2,3)4)49(68)54-29-38(36-10-6-5-7-11-36)34-71-50-47(66)45(64)28-41(33-63)72-50/h5-7,10-11,15-18,26-27,31-32,38,41,44-45,47,50,63-64,66H,8-9,12-14,19-25,28-30,33-34H2,1-4H3,(H4-,51,52,53,54,55,56,57,58,59,65,67,68)/p+1/t38?,41-,44-,45-,47+,50+/m0/s1. The van der Waals surface area contributed by atoms with Crippen molar-refractivity contribution in [2.45, 2.75) is 95.1 Å². The maximum absolute atomic E-state index is 13.7. The number of hydrogen-bond acceptors (Lipinski definition) is 17. The Morgan fingerprint density at radius 2 is 1.69 bits per heavy atom. The van der Waals surface area contributed by atoms with Crippen molar-refractivity contribution in [3.05, 3.63) is 107 Å². The fraction of sp³-hybridized carbons (Fsp3) is 0.540. The Kier molecular flexibility index (Phi) is 21.8. The maximum atomic E-state index is 13.7. The van der Waals surface area contributed by atoms with Gasteiger partial charge in [-0.05, 0) is 61.6 Å². The summed E-state index contributed by atoms with van der Waals surface area (Å²) in [6.45, 7) is 5.37. The first-order valence-electron chi connectivity index (χ1n) is 24.6. The van der Waals surface area contributed by atoms with Gasteiger partial charge in [0.1, 0.15) is 11.8 Å². The minimum atomic E-state index is -1.25. The number of aryl methyl sites for hydroxylation is 1. The predicted molar refractivity (Wildman–Crippen MR) is 265 cm³/mol. The molecule has 22 nitrogen and oxygen atoms in total. The number of quaternary nitrogens is 1. The summed E-state index contributed by atoms with van der Waals surface area (Å²) in [7, 11) is 6.02. The molecule has 72 heavy (non-hydrogen) atoms. The number of amides is 3. The van der Waals surface area contributed by atoms with Crippen molar-refractivity contribution in [3.63, 3.8) is 0 Å². The zero-order valence-corrected chi connectivity index (χ0v) is 41.8. The maximum Gasteiger partial charge on any atom is 0.278 e. The molecule has 0 bridgehead atoms. The third-order valence-electron chi connectivity index (χ3n) is 12.2. The minimum Gasteiger partial charge on any atom is -0.394 e. The normalized spacial score (nSPS) is 18.8. The van der Waals surface area contributed by atoms with E-state index in [1.165, 1.54) is 0 Å². The number of unbranched alkanes of at least 4 members (excludes halogenated alkanes) is 1. The summed E-state index contributed by atoms with van der Waals surface area (Å²) in [5, 5.41) is 49.4. The summed E-state index contributed by atoms with van der Waals surface area (Å²) in [5.41, 5.74) is 11.6. The molecule has 392 valence electrons. The summed E-state index contributed by atoms with van der Waals surface area (Å²) in [6, 6.07) is 16.5. The lowest BCUT2D eigenvalue weighted by atomic mass is 9.99. The van der Waals surface area contributed by atoms with Crippen LogP contribution < -0.4 is 26.9 Å². The van der Waals surface area contributed by atoms with Crippen LogP contribution in [0.5, 0.6) is 0 Å². The van der Waals surface area contributed by atoms with Gasteiger partial charge in [-0.1, -0.05) is 35.5 Å². The summed E-state index contributed by atoms with van der Waals surface area (Å²) < 4.78 is 25.0. The van der Waals surface area contributed by atoms with Gasteiger partial charge >= 0.3 is 0 Å². The second-order valence-corrected chi connectivity index (χ2v) is 18.9. The van der Waals surface area contributed by atoms with Crippen molar-refractivity contribution in [1.29, 1.82) is 0 Å². The van der Waals surface area contributed by atoms with E-state index < -0.39 is 24.6 Å². The molecule has 3 amide bonds. The summed E-state index contributed by atoms with van der Waals surface area (Å²) in [4.78, 5) is 47.7. The molecule has 6 atom stereocenters. The molecular formula is C50H73N12O10+. The van der Waals surface area contributed by atoms with Gasteiger partial charge in [0.05, 0.1) is 104 Å². The number of carbonyl (C=O) groups is 3. The molecule has 6 rings (SSSR count). The molecular weight excluding hydrogens is 929 g/mol. The van der Waals surface area contributed by atoms with E-state index in [0.29, 0.717) is 99.0 Å². The average molecular weight is 1000 g/mol. The first kappa shape index (κ1) is 55.4. The number of aromatic nitrogens is 5. The number of allylic oxidation sites excluding steroid dienone is 1. The Hall–Kier alpha value is -5.95. The van der Waals surface area contributed by atoms with Crippen molar-refractivity contribution in [3.8, 4) is 11.4 Å². The number of hydrogen-bond donors (Lipinski definition) is 8. The molecule has 3 aromatic heterocycles. The number of aliphatic hydroxyl groups excluding tert-OH is 3. The van der Waals surface area contributed by atoms with Gasteiger partial charge in [0.25, 0.3) is 11.8 Å². The molecule has 1 fully saturated rings. The Labute approximate surface area is 421 Å². The second kappa shape index (κ2) is 28.3. The van der Waals surface area contributed by atoms with E-state index in [4.69, 9.17) is 18.9 Å². The molecule has 8 N–H and O–H groups in total. The number of rotatable bonds is 30. The zero-order valence-electron chi connectivity index (χ0n) is 41.8. The quantitative estimate of drug-likeness (QED) is 0.0268. The van der Waals surface area contributed by atoms with Crippen LogP contribution in [0.2, 0.25) is 0 Å². The van der Waals surface area contributed by atoms with Gasteiger partial charge in [-0.3, -0.25) is 29.4 Å². The van der Waals surface area contributed by atoms with Crippen LogP contribution >= 0.6 is 0 Å². The third-order valence-corrected chi connectivity index (χ3v) is 12.2. The first-order valence-corrected chi connectivity index (χ1v) is 24.6. The number of ether oxygens (including phenoxy) is 4. The Balaban J connectivity index is 0.788.